The van der Waals surface area contributed by atoms with Crippen LogP contribution in [0.25, 0.3) is 0 Å². The van der Waals surface area contributed by atoms with Crippen LogP contribution in [0.4, 0.5) is 4.79 Å². The van der Waals surface area contributed by atoms with Gasteiger partial charge in [0.2, 0.25) is 0 Å². The molecule has 0 saturated heterocycles. The molecule has 1 saturated carbocycles. The van der Waals surface area contributed by atoms with E-state index in [1.165, 1.54) is 0 Å². The first-order valence-corrected chi connectivity index (χ1v) is 7.39. The second kappa shape index (κ2) is 7.47. The molecule has 0 aromatic rings. The Kier molecular flexibility index (Phi) is 6.20. The van der Waals surface area contributed by atoms with Gasteiger partial charge in [-0.2, -0.15) is 0 Å². The van der Waals surface area contributed by atoms with E-state index < -0.39 is 36.1 Å². The lowest BCUT2D eigenvalue weighted by molar-refractivity contribution is -0.150. The van der Waals surface area contributed by atoms with E-state index in [1.807, 2.05) is 0 Å². The Labute approximate surface area is 130 Å². The molecule has 0 bridgehead atoms. The lowest BCUT2D eigenvalue weighted by Gasteiger charge is -2.38. The molecule has 125 valence electrons. The quantitative estimate of drug-likeness (QED) is 0.807. The predicted molar refractivity (Wildman–Crippen MR) is 78.3 cm³/mol. The molecule has 0 unspecified atom stereocenters. The maximum absolute atomic E-state index is 12.4. The van der Waals surface area contributed by atoms with Crippen molar-refractivity contribution in [1.29, 1.82) is 0 Å². The second-order valence-corrected chi connectivity index (χ2v) is 6.44. The van der Waals surface area contributed by atoms with Gasteiger partial charge in [0.15, 0.2) is 0 Å². The summed E-state index contributed by atoms with van der Waals surface area (Å²) < 4.78 is 5.29. The molecule has 1 atom stereocenters. The number of amides is 1. The zero-order valence-corrected chi connectivity index (χ0v) is 13.2. The van der Waals surface area contributed by atoms with E-state index in [0.717, 1.165) is 17.7 Å². The fourth-order valence-electron chi connectivity index (χ4n) is 2.50. The number of aliphatic carboxylic acids is 2. The van der Waals surface area contributed by atoms with E-state index in [1.54, 1.807) is 20.8 Å². The molecule has 1 aliphatic rings. The molecule has 1 amide bonds. The fourth-order valence-corrected chi connectivity index (χ4v) is 2.50. The number of carboxylic acids is 2. The standard InChI is InChI=1S/C15H24NO6/c1-15(2,3)22-14(21)16(10-7-5-4-6-8-10)11(13(19)20)9-12(17)18/h4,10-11H,5-9H2,1-3H3,(H,17,18)(H,19,20)/t11-/m0/s1. The average molecular weight is 314 g/mol. The monoisotopic (exact) mass is 314 g/mol. The van der Waals surface area contributed by atoms with Crippen molar-refractivity contribution in [2.45, 2.75) is 70.6 Å². The van der Waals surface area contributed by atoms with Gasteiger partial charge in [-0.05, 0) is 52.9 Å². The number of carbonyl (C=O) groups is 3. The van der Waals surface area contributed by atoms with Crippen LogP contribution >= 0.6 is 0 Å². The first-order valence-electron chi connectivity index (χ1n) is 7.39. The molecule has 2 N–H and O–H groups in total. The van der Waals surface area contributed by atoms with E-state index in [-0.39, 0.29) is 6.04 Å². The van der Waals surface area contributed by atoms with E-state index in [2.05, 4.69) is 6.42 Å². The van der Waals surface area contributed by atoms with Crippen LogP contribution in [0.5, 0.6) is 0 Å². The summed E-state index contributed by atoms with van der Waals surface area (Å²) in [5.74, 6) is -2.59. The number of nitrogens with zero attached hydrogens (tertiary/aromatic N) is 1. The van der Waals surface area contributed by atoms with Gasteiger partial charge in [-0.15, -0.1) is 0 Å². The summed E-state index contributed by atoms with van der Waals surface area (Å²) in [6.07, 6.45) is 3.43. The first-order chi connectivity index (χ1) is 10.1. The smallest absolute Gasteiger partial charge is 0.411 e. The highest BCUT2D eigenvalue weighted by Gasteiger charge is 2.39. The Morgan fingerprint density at radius 1 is 1.23 bits per heavy atom. The van der Waals surface area contributed by atoms with Gasteiger partial charge in [-0.1, -0.05) is 0 Å². The largest absolute Gasteiger partial charge is 0.481 e. The van der Waals surface area contributed by atoms with Crippen molar-refractivity contribution in [1.82, 2.24) is 4.90 Å². The minimum atomic E-state index is -1.42. The Balaban J connectivity index is 3.04. The van der Waals surface area contributed by atoms with Gasteiger partial charge in [-0.3, -0.25) is 9.69 Å². The van der Waals surface area contributed by atoms with Crippen LogP contribution in [0.2, 0.25) is 0 Å². The number of hydrogen-bond acceptors (Lipinski definition) is 4. The molecule has 1 rings (SSSR count). The van der Waals surface area contributed by atoms with Crippen molar-refractivity contribution in [3.05, 3.63) is 6.42 Å². The summed E-state index contributed by atoms with van der Waals surface area (Å²) >= 11 is 0. The molecule has 0 heterocycles. The molecular weight excluding hydrogens is 290 g/mol. The van der Waals surface area contributed by atoms with Gasteiger partial charge in [-0.25, -0.2) is 9.59 Å². The first kappa shape index (κ1) is 18.3. The van der Waals surface area contributed by atoms with Gasteiger partial charge in [0.05, 0.1) is 6.42 Å². The molecule has 1 aliphatic carbocycles. The molecule has 0 aliphatic heterocycles. The summed E-state index contributed by atoms with van der Waals surface area (Å²) in [5.41, 5.74) is -0.775. The molecule has 7 nitrogen and oxygen atoms in total. The van der Waals surface area contributed by atoms with Crippen molar-refractivity contribution in [3.63, 3.8) is 0 Å². The van der Waals surface area contributed by atoms with Crippen molar-refractivity contribution in [3.8, 4) is 0 Å². The average Bonchev–Trinajstić information content (AvgIpc) is 2.36. The van der Waals surface area contributed by atoms with Crippen molar-refractivity contribution >= 4 is 18.0 Å². The van der Waals surface area contributed by atoms with E-state index in [9.17, 15) is 19.5 Å². The van der Waals surface area contributed by atoms with Gasteiger partial charge in [0.25, 0.3) is 0 Å². The van der Waals surface area contributed by atoms with Gasteiger partial charge >= 0.3 is 18.0 Å². The fraction of sp³-hybridized carbons (Fsp3) is 0.733. The number of ether oxygens (including phenoxy) is 1. The highest BCUT2D eigenvalue weighted by molar-refractivity contribution is 5.85. The maximum atomic E-state index is 12.4. The molecule has 22 heavy (non-hydrogen) atoms. The van der Waals surface area contributed by atoms with Crippen LogP contribution in [0.3, 0.4) is 0 Å². The number of carbonyl (C=O) groups excluding carboxylic acids is 1. The van der Waals surface area contributed by atoms with Crippen molar-refractivity contribution in [2.24, 2.45) is 0 Å². The minimum Gasteiger partial charge on any atom is -0.481 e. The second-order valence-electron chi connectivity index (χ2n) is 6.44. The highest BCUT2D eigenvalue weighted by atomic mass is 16.6. The molecule has 7 heteroatoms. The van der Waals surface area contributed by atoms with Gasteiger partial charge < -0.3 is 14.9 Å². The zero-order valence-electron chi connectivity index (χ0n) is 13.2. The normalized spacial score (nSPS) is 17.6. The Morgan fingerprint density at radius 2 is 1.77 bits per heavy atom. The maximum Gasteiger partial charge on any atom is 0.411 e. The van der Waals surface area contributed by atoms with Gasteiger partial charge in [0.1, 0.15) is 11.6 Å². The van der Waals surface area contributed by atoms with Crippen LogP contribution in [-0.2, 0) is 14.3 Å². The van der Waals surface area contributed by atoms with Crippen LogP contribution in [0.1, 0.15) is 52.9 Å². The molecule has 1 radical (unpaired) electrons. The molecule has 0 aromatic carbocycles. The topological polar surface area (TPSA) is 104 Å². The van der Waals surface area contributed by atoms with Crippen molar-refractivity contribution in [2.75, 3.05) is 0 Å². The SMILES string of the molecule is CC(C)(C)OC(=O)N(C1CC[CH]CC1)[C@@H](CC(=O)O)C(=O)O. The Morgan fingerprint density at radius 3 is 2.18 bits per heavy atom. The van der Waals surface area contributed by atoms with E-state index in [0.29, 0.717) is 12.8 Å². The number of carboxylic acid groups (broad SMARTS) is 2. The predicted octanol–water partition coefficient (Wildman–Crippen LogP) is 2.30. The molecule has 1 fully saturated rings. The third kappa shape index (κ3) is 5.54. The lowest BCUT2D eigenvalue weighted by Crippen LogP contribution is -2.53. The Hall–Kier alpha value is -1.79. The highest BCUT2D eigenvalue weighted by Crippen LogP contribution is 2.26. The van der Waals surface area contributed by atoms with Crippen LogP contribution in [-0.4, -0.2) is 50.8 Å². The number of rotatable bonds is 5. The van der Waals surface area contributed by atoms with Crippen molar-refractivity contribution < 1.29 is 29.3 Å². The van der Waals surface area contributed by atoms with E-state index in [4.69, 9.17) is 9.84 Å². The summed E-state index contributed by atoms with van der Waals surface area (Å²) in [7, 11) is 0. The summed E-state index contributed by atoms with van der Waals surface area (Å²) in [6.45, 7) is 5.06. The third-order valence-corrected chi connectivity index (χ3v) is 3.39. The van der Waals surface area contributed by atoms with E-state index >= 15 is 0 Å². The third-order valence-electron chi connectivity index (χ3n) is 3.39. The number of hydrogen-bond donors (Lipinski definition) is 2. The summed E-state index contributed by atoms with van der Waals surface area (Å²) in [6, 6.07) is -1.74. The molecule has 0 aromatic heterocycles. The van der Waals surface area contributed by atoms with Gasteiger partial charge in [0, 0.05) is 6.04 Å². The van der Waals surface area contributed by atoms with Crippen LogP contribution in [0.15, 0.2) is 0 Å². The van der Waals surface area contributed by atoms with Crippen LogP contribution in [0, 0.1) is 6.42 Å². The summed E-state index contributed by atoms with van der Waals surface area (Å²) in [4.78, 5) is 36.0. The summed E-state index contributed by atoms with van der Waals surface area (Å²) in [5, 5.41) is 18.3. The lowest BCUT2D eigenvalue weighted by atomic mass is 9.93. The Bertz CT molecular complexity index is 422. The molecular formula is C15H24NO6. The van der Waals surface area contributed by atoms with Crippen LogP contribution < -0.4 is 0 Å². The molecule has 0 spiro atoms. The minimum absolute atomic E-state index is 0.319. The zero-order chi connectivity index (χ0) is 16.9.